The van der Waals surface area contributed by atoms with Gasteiger partial charge in [-0.05, 0) is 37.3 Å². The van der Waals surface area contributed by atoms with E-state index in [1.54, 1.807) is 16.2 Å². The van der Waals surface area contributed by atoms with Gasteiger partial charge >= 0.3 is 6.18 Å². The van der Waals surface area contributed by atoms with Gasteiger partial charge < -0.3 is 4.90 Å². The second kappa shape index (κ2) is 5.99. The van der Waals surface area contributed by atoms with E-state index < -0.39 is 11.9 Å². The first-order chi connectivity index (χ1) is 10.9. The molecular formula is C15H16F3N3OS. The number of hydrogen-bond donors (Lipinski definition) is 0. The monoisotopic (exact) mass is 343 g/mol. The van der Waals surface area contributed by atoms with E-state index in [2.05, 4.69) is 5.10 Å². The largest absolute Gasteiger partial charge is 0.435 e. The molecule has 1 atom stereocenters. The molecular weight excluding hydrogens is 327 g/mol. The van der Waals surface area contributed by atoms with Crippen LogP contribution in [0.15, 0.2) is 23.6 Å². The van der Waals surface area contributed by atoms with Gasteiger partial charge in [-0.2, -0.15) is 18.3 Å². The highest BCUT2D eigenvalue weighted by molar-refractivity contribution is 7.10. The molecule has 0 aromatic carbocycles. The van der Waals surface area contributed by atoms with Crippen molar-refractivity contribution in [2.24, 2.45) is 0 Å². The number of hydrogen-bond acceptors (Lipinski definition) is 3. The maximum absolute atomic E-state index is 12.7. The summed E-state index contributed by atoms with van der Waals surface area (Å²) in [6.07, 6.45) is -2.70. The van der Waals surface area contributed by atoms with Gasteiger partial charge in [0, 0.05) is 17.1 Å². The standard InChI is InChI=1S/C15H16F3N3OS/c1-10-8-13(15(16,17)18)19-21(10)9-14(22)20-6-2-4-11(20)12-5-3-7-23-12/h3,5,7-8,11H,2,4,6,9H2,1H3/t11-/m1/s1. The normalized spacial score (nSPS) is 18.6. The highest BCUT2D eigenvalue weighted by atomic mass is 32.1. The zero-order valence-electron chi connectivity index (χ0n) is 12.5. The number of carbonyl (C=O) groups is 1. The molecule has 0 radical (unpaired) electrons. The summed E-state index contributed by atoms with van der Waals surface area (Å²) in [5.41, 5.74) is -0.628. The fourth-order valence-corrected chi connectivity index (χ4v) is 3.74. The number of carbonyl (C=O) groups excluding carboxylic acids is 1. The Morgan fingerprint density at radius 1 is 1.48 bits per heavy atom. The topological polar surface area (TPSA) is 38.1 Å². The van der Waals surface area contributed by atoms with Crippen LogP contribution in [0, 0.1) is 6.92 Å². The van der Waals surface area contributed by atoms with E-state index in [4.69, 9.17) is 0 Å². The third-order valence-corrected chi connectivity index (χ3v) is 4.97. The van der Waals surface area contributed by atoms with Crippen LogP contribution in [0.4, 0.5) is 13.2 Å². The van der Waals surface area contributed by atoms with Crippen molar-refractivity contribution >= 4 is 17.2 Å². The molecule has 1 aliphatic heterocycles. The molecule has 23 heavy (non-hydrogen) atoms. The van der Waals surface area contributed by atoms with Gasteiger partial charge in [-0.3, -0.25) is 9.48 Å². The van der Waals surface area contributed by atoms with Crippen molar-refractivity contribution in [1.82, 2.24) is 14.7 Å². The molecule has 0 unspecified atom stereocenters. The van der Waals surface area contributed by atoms with Crippen molar-refractivity contribution in [3.63, 3.8) is 0 Å². The Morgan fingerprint density at radius 2 is 2.26 bits per heavy atom. The van der Waals surface area contributed by atoms with Crippen molar-refractivity contribution in [3.05, 3.63) is 39.8 Å². The molecule has 4 nitrogen and oxygen atoms in total. The summed E-state index contributed by atoms with van der Waals surface area (Å²) in [4.78, 5) is 15.4. The Labute approximate surface area is 135 Å². The number of aryl methyl sites for hydroxylation is 1. The summed E-state index contributed by atoms with van der Waals surface area (Å²) in [5.74, 6) is -0.194. The molecule has 124 valence electrons. The highest BCUT2D eigenvalue weighted by Crippen LogP contribution is 2.34. The molecule has 2 aromatic heterocycles. The van der Waals surface area contributed by atoms with Crippen LogP contribution in [0.2, 0.25) is 0 Å². The number of amides is 1. The van der Waals surface area contributed by atoms with Crippen LogP contribution in [0.25, 0.3) is 0 Å². The van der Waals surface area contributed by atoms with Crippen LogP contribution in [0.3, 0.4) is 0 Å². The third-order valence-electron chi connectivity index (χ3n) is 4.00. The molecule has 0 saturated carbocycles. The Kier molecular flexibility index (Phi) is 4.18. The van der Waals surface area contributed by atoms with Crippen molar-refractivity contribution < 1.29 is 18.0 Å². The quantitative estimate of drug-likeness (QED) is 0.853. The van der Waals surface area contributed by atoms with Gasteiger partial charge in [0.15, 0.2) is 5.69 Å². The van der Waals surface area contributed by atoms with Gasteiger partial charge in [0.25, 0.3) is 0 Å². The second-order valence-corrected chi connectivity index (χ2v) is 6.57. The number of rotatable bonds is 3. The van der Waals surface area contributed by atoms with Crippen LogP contribution >= 0.6 is 11.3 Å². The lowest BCUT2D eigenvalue weighted by Gasteiger charge is -2.24. The smallest absolute Gasteiger partial charge is 0.333 e. The predicted molar refractivity (Wildman–Crippen MR) is 80.0 cm³/mol. The number of alkyl halides is 3. The van der Waals surface area contributed by atoms with Crippen LogP contribution in [0.1, 0.15) is 35.1 Å². The maximum Gasteiger partial charge on any atom is 0.435 e. The van der Waals surface area contributed by atoms with Crippen LogP contribution < -0.4 is 0 Å². The summed E-state index contributed by atoms with van der Waals surface area (Å²) in [6, 6.07) is 4.92. The number of likely N-dealkylation sites (tertiary alicyclic amines) is 1. The average Bonchev–Trinajstić information content (AvgIpc) is 3.17. The molecule has 1 saturated heterocycles. The molecule has 3 rings (SSSR count). The zero-order chi connectivity index (χ0) is 16.6. The van der Waals surface area contributed by atoms with E-state index in [9.17, 15) is 18.0 Å². The lowest BCUT2D eigenvalue weighted by Crippen LogP contribution is -2.33. The Balaban J connectivity index is 1.75. The van der Waals surface area contributed by atoms with Gasteiger partial charge in [-0.15, -0.1) is 11.3 Å². The molecule has 8 heteroatoms. The molecule has 1 aliphatic rings. The summed E-state index contributed by atoms with van der Waals surface area (Å²) in [5, 5.41) is 5.49. The molecule has 2 aromatic rings. The Morgan fingerprint density at radius 3 is 2.87 bits per heavy atom. The van der Waals surface area contributed by atoms with Crippen molar-refractivity contribution in [3.8, 4) is 0 Å². The third kappa shape index (κ3) is 3.26. The maximum atomic E-state index is 12.7. The van der Waals surface area contributed by atoms with E-state index in [0.29, 0.717) is 12.2 Å². The van der Waals surface area contributed by atoms with E-state index in [1.165, 1.54) is 6.92 Å². The van der Waals surface area contributed by atoms with Gasteiger partial charge in [0.1, 0.15) is 6.54 Å². The van der Waals surface area contributed by atoms with Gasteiger partial charge in [0.05, 0.1) is 6.04 Å². The highest BCUT2D eigenvalue weighted by Gasteiger charge is 2.35. The van der Waals surface area contributed by atoms with E-state index >= 15 is 0 Å². The lowest BCUT2D eigenvalue weighted by molar-refractivity contribution is -0.142. The average molecular weight is 343 g/mol. The van der Waals surface area contributed by atoms with Crippen LogP contribution in [-0.2, 0) is 17.5 Å². The minimum absolute atomic E-state index is 0.0282. The summed E-state index contributed by atoms with van der Waals surface area (Å²) in [6.45, 7) is 1.99. The van der Waals surface area contributed by atoms with E-state index in [1.807, 2.05) is 17.5 Å². The fourth-order valence-electron chi connectivity index (χ4n) is 2.87. The van der Waals surface area contributed by atoms with E-state index in [-0.39, 0.29) is 18.5 Å². The Hall–Kier alpha value is -1.83. The predicted octanol–water partition coefficient (Wildman–Crippen LogP) is 3.64. The van der Waals surface area contributed by atoms with Crippen LogP contribution in [0.5, 0.6) is 0 Å². The van der Waals surface area contributed by atoms with Crippen molar-refractivity contribution in [1.29, 1.82) is 0 Å². The zero-order valence-corrected chi connectivity index (χ0v) is 13.3. The van der Waals surface area contributed by atoms with Crippen LogP contribution in [-0.4, -0.2) is 27.1 Å². The number of nitrogens with zero attached hydrogens (tertiary/aromatic N) is 3. The number of aromatic nitrogens is 2. The van der Waals surface area contributed by atoms with E-state index in [0.717, 1.165) is 28.5 Å². The van der Waals surface area contributed by atoms with Gasteiger partial charge in [-0.25, -0.2) is 0 Å². The first-order valence-corrected chi connectivity index (χ1v) is 8.19. The molecule has 0 N–H and O–H groups in total. The van der Waals surface area contributed by atoms with Gasteiger partial charge in [0.2, 0.25) is 5.91 Å². The molecule has 0 aliphatic carbocycles. The molecule has 0 spiro atoms. The molecule has 0 bridgehead atoms. The van der Waals surface area contributed by atoms with Crippen molar-refractivity contribution in [2.45, 2.75) is 38.5 Å². The second-order valence-electron chi connectivity index (χ2n) is 5.59. The minimum atomic E-state index is -4.49. The fraction of sp³-hybridized carbons (Fsp3) is 0.467. The van der Waals surface area contributed by atoms with Crippen molar-refractivity contribution in [2.75, 3.05) is 6.54 Å². The molecule has 1 amide bonds. The van der Waals surface area contributed by atoms with Gasteiger partial charge in [-0.1, -0.05) is 6.07 Å². The summed E-state index contributed by atoms with van der Waals surface area (Å²) < 4.78 is 39.2. The first-order valence-electron chi connectivity index (χ1n) is 7.31. The number of halogens is 3. The molecule has 1 fully saturated rings. The minimum Gasteiger partial charge on any atom is -0.333 e. The number of thiophene rings is 1. The molecule has 3 heterocycles. The SMILES string of the molecule is Cc1cc(C(F)(F)F)nn1CC(=O)N1CCC[C@@H]1c1cccs1. The first kappa shape index (κ1) is 16.0. The summed E-state index contributed by atoms with van der Waals surface area (Å²) in [7, 11) is 0. The Bertz CT molecular complexity index is 693. The lowest BCUT2D eigenvalue weighted by atomic mass is 10.2. The summed E-state index contributed by atoms with van der Waals surface area (Å²) >= 11 is 1.59.